The van der Waals surface area contributed by atoms with Crippen LogP contribution in [0, 0.1) is 0 Å². The van der Waals surface area contributed by atoms with Crippen LogP contribution >= 0.6 is 0 Å². The van der Waals surface area contributed by atoms with Gasteiger partial charge >= 0.3 is 5.97 Å². The lowest BCUT2D eigenvalue weighted by molar-refractivity contribution is -0.157. The molecule has 0 aromatic heterocycles. The summed E-state index contributed by atoms with van der Waals surface area (Å²) >= 11 is 0. The molecule has 1 saturated heterocycles. The topological polar surface area (TPSA) is 106 Å². The van der Waals surface area contributed by atoms with E-state index in [1.54, 1.807) is 24.3 Å². The molecule has 2 amide bonds. The van der Waals surface area contributed by atoms with Crippen molar-refractivity contribution in [2.24, 2.45) is 0 Å². The van der Waals surface area contributed by atoms with Gasteiger partial charge in [0.05, 0.1) is 17.5 Å². The van der Waals surface area contributed by atoms with Crippen LogP contribution in [0.25, 0.3) is 0 Å². The molecular weight excluding hydrogens is 464 g/mol. The number of fused-ring (bicyclic) bond motifs is 4. The first-order valence-corrected chi connectivity index (χ1v) is 12.2. The van der Waals surface area contributed by atoms with Crippen molar-refractivity contribution in [1.82, 2.24) is 9.80 Å². The molecule has 36 heavy (non-hydrogen) atoms. The molecule has 4 unspecified atom stereocenters. The predicted molar refractivity (Wildman–Crippen MR) is 125 cm³/mol. The Morgan fingerprint density at radius 3 is 2.56 bits per heavy atom. The van der Waals surface area contributed by atoms with Gasteiger partial charge in [-0.15, -0.1) is 0 Å². The molecule has 0 saturated carbocycles. The number of benzene rings is 2. The summed E-state index contributed by atoms with van der Waals surface area (Å²) in [5.41, 5.74) is 3.91. The Morgan fingerprint density at radius 2 is 1.81 bits per heavy atom. The van der Waals surface area contributed by atoms with Gasteiger partial charge in [0.15, 0.2) is 11.5 Å². The molecule has 4 aliphatic heterocycles. The minimum absolute atomic E-state index is 0.0373. The standard InChI is InChI=1S/C27H24N2O7/c30-19-9-14-5-7-28-12-15-10-20-21(35-13-34-20)11-18(15)23(24(14)28)25(19)36-22(31)6-8-29-26(32)16-3-1-2-4-17(16)27(29)33/h1-4,9-11,19,23-25,30H,5-8,12-13H2. The average Bonchev–Trinajstić information content (AvgIpc) is 3.56. The van der Waals surface area contributed by atoms with Crippen molar-refractivity contribution in [1.29, 1.82) is 0 Å². The number of esters is 1. The maximum Gasteiger partial charge on any atom is 0.308 e. The molecule has 2 aromatic rings. The van der Waals surface area contributed by atoms with E-state index in [2.05, 4.69) is 4.90 Å². The SMILES string of the molecule is O=C(CCN1C(=O)c2ccccc2C1=O)OC1C(O)C=C2CCN3Cc4cc5c(cc4C1C23)OCO5. The summed E-state index contributed by atoms with van der Waals surface area (Å²) in [5.74, 6) is -0.288. The van der Waals surface area contributed by atoms with Gasteiger partial charge in [0.1, 0.15) is 12.2 Å². The van der Waals surface area contributed by atoms with Gasteiger partial charge in [0.25, 0.3) is 11.8 Å². The highest BCUT2D eigenvalue weighted by Gasteiger charge is 2.51. The third-order valence-corrected chi connectivity index (χ3v) is 7.93. The molecular formula is C27H24N2O7. The van der Waals surface area contributed by atoms with Crippen LogP contribution in [0.1, 0.15) is 50.6 Å². The Labute approximate surface area is 206 Å². The lowest BCUT2D eigenvalue weighted by Crippen LogP contribution is -2.51. The Hall–Kier alpha value is -3.69. The van der Waals surface area contributed by atoms with E-state index in [0.29, 0.717) is 22.6 Å². The van der Waals surface area contributed by atoms with Crippen LogP contribution in [0.5, 0.6) is 11.5 Å². The highest BCUT2D eigenvalue weighted by atomic mass is 16.7. The molecule has 1 aliphatic carbocycles. The molecule has 184 valence electrons. The fourth-order valence-electron chi connectivity index (χ4n) is 6.33. The molecule has 7 rings (SSSR count). The lowest BCUT2D eigenvalue weighted by Gasteiger charge is -2.45. The first kappa shape index (κ1) is 21.6. The predicted octanol–water partition coefficient (Wildman–Crippen LogP) is 1.99. The zero-order chi connectivity index (χ0) is 24.6. The van der Waals surface area contributed by atoms with Gasteiger partial charge in [-0.2, -0.15) is 0 Å². The minimum Gasteiger partial charge on any atom is -0.458 e. The van der Waals surface area contributed by atoms with Crippen LogP contribution in [0.4, 0.5) is 0 Å². The zero-order valence-corrected chi connectivity index (χ0v) is 19.4. The number of imide groups is 1. The van der Waals surface area contributed by atoms with E-state index in [1.165, 1.54) is 0 Å². The number of ether oxygens (including phenoxy) is 3. The minimum atomic E-state index is -0.958. The van der Waals surface area contributed by atoms with Gasteiger partial charge in [-0.1, -0.05) is 23.8 Å². The molecule has 0 spiro atoms. The van der Waals surface area contributed by atoms with Gasteiger partial charge in [-0.25, -0.2) is 0 Å². The summed E-state index contributed by atoms with van der Waals surface area (Å²) in [4.78, 5) is 41.7. The first-order chi connectivity index (χ1) is 17.5. The normalized spacial score (nSPS) is 27.5. The van der Waals surface area contributed by atoms with Crippen LogP contribution < -0.4 is 9.47 Å². The van der Waals surface area contributed by atoms with Crippen molar-refractivity contribution >= 4 is 17.8 Å². The highest BCUT2D eigenvalue weighted by molar-refractivity contribution is 6.21. The van der Waals surface area contributed by atoms with Crippen molar-refractivity contribution in [2.45, 2.75) is 43.6 Å². The molecule has 9 nitrogen and oxygen atoms in total. The molecule has 0 radical (unpaired) electrons. The van der Waals surface area contributed by atoms with Crippen molar-refractivity contribution in [2.75, 3.05) is 19.9 Å². The van der Waals surface area contributed by atoms with Crippen molar-refractivity contribution in [3.05, 3.63) is 70.3 Å². The fraction of sp³-hybridized carbons (Fsp3) is 0.370. The number of amides is 2. The number of carbonyl (C=O) groups is 3. The van der Waals surface area contributed by atoms with Gasteiger partial charge in [-0.05, 0) is 41.8 Å². The van der Waals surface area contributed by atoms with E-state index < -0.39 is 30.0 Å². The largest absolute Gasteiger partial charge is 0.458 e. The monoisotopic (exact) mass is 488 g/mol. The molecule has 0 bridgehead atoms. The third kappa shape index (κ3) is 3.12. The van der Waals surface area contributed by atoms with E-state index in [1.807, 2.05) is 18.2 Å². The highest BCUT2D eigenvalue weighted by Crippen LogP contribution is 2.50. The maximum atomic E-state index is 13.0. The molecule has 1 fully saturated rings. The second-order valence-electron chi connectivity index (χ2n) is 9.84. The van der Waals surface area contributed by atoms with Crippen LogP contribution in [-0.2, 0) is 16.1 Å². The summed E-state index contributed by atoms with van der Waals surface area (Å²) in [6.45, 7) is 1.71. The van der Waals surface area contributed by atoms with Crippen LogP contribution in [0.3, 0.4) is 0 Å². The maximum absolute atomic E-state index is 13.0. The van der Waals surface area contributed by atoms with E-state index in [0.717, 1.165) is 41.1 Å². The van der Waals surface area contributed by atoms with Crippen molar-refractivity contribution in [3.8, 4) is 11.5 Å². The Morgan fingerprint density at radius 1 is 1.08 bits per heavy atom. The molecule has 1 N–H and O–H groups in total. The Bertz CT molecular complexity index is 1320. The number of aliphatic hydroxyl groups excluding tert-OH is 1. The first-order valence-electron chi connectivity index (χ1n) is 12.2. The van der Waals surface area contributed by atoms with Crippen LogP contribution in [0.15, 0.2) is 48.0 Å². The summed E-state index contributed by atoms with van der Waals surface area (Å²) in [6, 6.07) is 10.6. The van der Waals surface area contributed by atoms with Gasteiger partial charge < -0.3 is 19.3 Å². The lowest BCUT2D eigenvalue weighted by atomic mass is 9.73. The molecule has 2 aromatic carbocycles. The smallest absolute Gasteiger partial charge is 0.308 e. The molecule has 4 heterocycles. The van der Waals surface area contributed by atoms with Gasteiger partial charge in [0.2, 0.25) is 6.79 Å². The second-order valence-corrected chi connectivity index (χ2v) is 9.84. The Kier molecular flexibility index (Phi) is 4.74. The third-order valence-electron chi connectivity index (χ3n) is 7.93. The molecule has 9 heteroatoms. The molecule has 5 aliphatic rings. The van der Waals surface area contributed by atoms with E-state index in [-0.39, 0.29) is 31.7 Å². The number of rotatable bonds is 4. The van der Waals surface area contributed by atoms with E-state index in [9.17, 15) is 19.5 Å². The van der Waals surface area contributed by atoms with E-state index in [4.69, 9.17) is 14.2 Å². The van der Waals surface area contributed by atoms with Crippen LogP contribution in [0.2, 0.25) is 0 Å². The summed E-state index contributed by atoms with van der Waals surface area (Å²) in [6.07, 6.45) is 0.773. The van der Waals surface area contributed by atoms with E-state index >= 15 is 0 Å². The van der Waals surface area contributed by atoms with Gasteiger partial charge in [-0.3, -0.25) is 24.2 Å². The van der Waals surface area contributed by atoms with Gasteiger partial charge in [0, 0.05) is 31.6 Å². The fourth-order valence-corrected chi connectivity index (χ4v) is 6.33. The number of carbonyl (C=O) groups excluding carboxylic acids is 3. The van der Waals surface area contributed by atoms with Crippen molar-refractivity contribution < 1.29 is 33.7 Å². The number of aliphatic hydroxyl groups is 1. The number of hydrogen-bond acceptors (Lipinski definition) is 8. The number of hydrogen-bond donors (Lipinski definition) is 1. The van der Waals surface area contributed by atoms with Crippen LogP contribution in [-0.4, -0.2) is 70.8 Å². The number of nitrogens with zero attached hydrogens (tertiary/aromatic N) is 2. The quantitative estimate of drug-likeness (QED) is 0.396. The summed E-state index contributed by atoms with van der Waals surface area (Å²) < 4.78 is 17.1. The summed E-state index contributed by atoms with van der Waals surface area (Å²) in [7, 11) is 0. The van der Waals surface area contributed by atoms with Crippen molar-refractivity contribution in [3.63, 3.8) is 0 Å². The summed E-state index contributed by atoms with van der Waals surface area (Å²) in [5, 5.41) is 11.0. The molecule has 4 atom stereocenters. The zero-order valence-electron chi connectivity index (χ0n) is 19.4. The Balaban J connectivity index is 1.13. The second kappa shape index (κ2) is 7.91. The average molecular weight is 488 g/mol.